The normalized spacial score (nSPS) is 22.6. The first-order chi connectivity index (χ1) is 24.3. The smallest absolute Gasteiger partial charge is 0.220 e. The van der Waals surface area contributed by atoms with Gasteiger partial charge in [-0.2, -0.15) is 0 Å². The van der Waals surface area contributed by atoms with Gasteiger partial charge in [0.05, 0.1) is 25.4 Å². The van der Waals surface area contributed by atoms with E-state index < -0.39 is 49.5 Å². The van der Waals surface area contributed by atoms with E-state index in [0.29, 0.717) is 6.42 Å². The summed E-state index contributed by atoms with van der Waals surface area (Å²) in [6.07, 6.45) is 30.5. The predicted molar refractivity (Wildman–Crippen MR) is 203 cm³/mol. The van der Waals surface area contributed by atoms with E-state index in [2.05, 4.69) is 43.5 Å². The molecular formula is C41H75NO8. The molecule has 1 fully saturated rings. The van der Waals surface area contributed by atoms with Crippen LogP contribution < -0.4 is 5.32 Å². The highest BCUT2D eigenvalue weighted by atomic mass is 16.7. The van der Waals surface area contributed by atoms with Gasteiger partial charge in [-0.3, -0.25) is 4.79 Å². The maximum Gasteiger partial charge on any atom is 0.220 e. The van der Waals surface area contributed by atoms with E-state index in [1.165, 1.54) is 83.5 Å². The molecule has 1 heterocycles. The number of aliphatic hydroxyl groups excluding tert-OH is 5. The van der Waals surface area contributed by atoms with Crippen molar-refractivity contribution in [2.24, 2.45) is 0 Å². The highest BCUT2D eigenvalue weighted by Gasteiger charge is 2.44. The van der Waals surface area contributed by atoms with Crippen molar-refractivity contribution in [1.82, 2.24) is 5.32 Å². The Kier molecular flexibility index (Phi) is 29.8. The van der Waals surface area contributed by atoms with Gasteiger partial charge in [0, 0.05) is 6.42 Å². The molecule has 9 heteroatoms. The van der Waals surface area contributed by atoms with Crippen molar-refractivity contribution in [1.29, 1.82) is 0 Å². The van der Waals surface area contributed by atoms with Crippen LogP contribution in [0.25, 0.3) is 0 Å². The maximum atomic E-state index is 12.8. The molecule has 0 spiro atoms. The second-order valence-electron chi connectivity index (χ2n) is 14.1. The van der Waals surface area contributed by atoms with Gasteiger partial charge in [-0.15, -0.1) is 0 Å². The number of rotatable bonds is 32. The molecule has 7 unspecified atom stereocenters. The number of nitrogens with one attached hydrogen (secondary N) is 1. The van der Waals surface area contributed by atoms with Gasteiger partial charge in [-0.05, 0) is 51.4 Å². The Bertz CT molecular complexity index is 879. The van der Waals surface area contributed by atoms with Crippen LogP contribution in [0.15, 0.2) is 36.5 Å². The number of carbonyl (C=O) groups excluding carboxylic acids is 1. The highest BCUT2D eigenvalue weighted by molar-refractivity contribution is 5.76. The first-order valence-corrected chi connectivity index (χ1v) is 20.2. The van der Waals surface area contributed by atoms with Crippen LogP contribution in [0.5, 0.6) is 0 Å². The predicted octanol–water partition coefficient (Wildman–Crippen LogP) is 7.33. The molecule has 6 N–H and O–H groups in total. The summed E-state index contributed by atoms with van der Waals surface area (Å²) in [7, 11) is 0. The summed E-state index contributed by atoms with van der Waals surface area (Å²) in [5.41, 5.74) is 0. The second kappa shape index (κ2) is 32.1. The zero-order chi connectivity index (χ0) is 36.7. The van der Waals surface area contributed by atoms with Gasteiger partial charge >= 0.3 is 0 Å². The molecule has 1 aliphatic rings. The molecule has 0 aromatic carbocycles. The third-order valence-electron chi connectivity index (χ3n) is 9.44. The molecule has 1 rings (SSSR count). The minimum Gasteiger partial charge on any atom is -0.394 e. The molecule has 0 aromatic heterocycles. The Morgan fingerprint density at radius 2 is 1.16 bits per heavy atom. The van der Waals surface area contributed by atoms with Gasteiger partial charge in [0.25, 0.3) is 0 Å². The quantitative estimate of drug-likeness (QED) is 0.0314. The van der Waals surface area contributed by atoms with Gasteiger partial charge < -0.3 is 40.3 Å². The lowest BCUT2D eigenvalue weighted by Crippen LogP contribution is -2.60. The summed E-state index contributed by atoms with van der Waals surface area (Å²) < 4.78 is 11.1. The number of ether oxygens (including phenoxy) is 2. The minimum atomic E-state index is -1.57. The second-order valence-corrected chi connectivity index (χ2v) is 14.1. The minimum absolute atomic E-state index is 0.204. The first-order valence-electron chi connectivity index (χ1n) is 20.2. The molecule has 0 bridgehead atoms. The molecule has 50 heavy (non-hydrogen) atoms. The Balaban J connectivity index is 2.45. The SMILES string of the molecule is CCCC/C=C\CCCCCCC(=O)NC(COC1OC(CO)C(O)C(O)C1O)C(O)/C=C/CC/C=C/CCCCCCCCCCCCC. The number of amides is 1. The Labute approximate surface area is 304 Å². The van der Waals surface area contributed by atoms with Crippen LogP contribution in [0.3, 0.4) is 0 Å². The Morgan fingerprint density at radius 1 is 0.660 bits per heavy atom. The van der Waals surface area contributed by atoms with Gasteiger partial charge in [-0.25, -0.2) is 0 Å². The Morgan fingerprint density at radius 3 is 1.74 bits per heavy atom. The van der Waals surface area contributed by atoms with Crippen LogP contribution in [0.2, 0.25) is 0 Å². The lowest BCUT2D eigenvalue weighted by Gasteiger charge is -2.40. The fraction of sp³-hybridized carbons (Fsp3) is 0.829. The number of aliphatic hydroxyl groups is 5. The molecule has 0 aromatic rings. The zero-order valence-corrected chi connectivity index (χ0v) is 31.6. The molecule has 1 saturated heterocycles. The van der Waals surface area contributed by atoms with E-state index >= 15 is 0 Å². The van der Waals surface area contributed by atoms with Gasteiger partial charge in [0.1, 0.15) is 24.4 Å². The fourth-order valence-corrected chi connectivity index (χ4v) is 6.09. The molecular weight excluding hydrogens is 634 g/mol. The average Bonchev–Trinajstić information content (AvgIpc) is 3.11. The number of unbranched alkanes of at least 4 members (excludes halogenated alkanes) is 18. The van der Waals surface area contributed by atoms with Crippen LogP contribution in [0.1, 0.15) is 162 Å². The third-order valence-corrected chi connectivity index (χ3v) is 9.44. The standard InChI is InChI=1S/C41H75NO8/c1-3-5-7-9-11-13-15-16-17-18-19-20-21-22-24-26-28-30-35(44)34(33-49-41-40(48)39(47)38(46)36(32-43)50-41)42-37(45)31-29-27-25-23-14-12-10-8-6-4-2/h10,12,21-22,28,30,34-36,38-41,43-44,46-48H,3-9,11,13-20,23-27,29,31-33H2,1-2H3,(H,42,45)/b12-10-,22-21+,30-28+. The van der Waals surface area contributed by atoms with Crippen LogP contribution in [0.4, 0.5) is 0 Å². The molecule has 0 radical (unpaired) electrons. The maximum absolute atomic E-state index is 12.8. The van der Waals surface area contributed by atoms with Crippen LogP contribution in [0, 0.1) is 0 Å². The first kappa shape index (κ1) is 46.4. The molecule has 1 aliphatic heterocycles. The number of carbonyl (C=O) groups is 1. The lowest BCUT2D eigenvalue weighted by molar-refractivity contribution is -0.302. The summed E-state index contributed by atoms with van der Waals surface area (Å²) in [6, 6.07) is -0.823. The third kappa shape index (κ3) is 23.1. The molecule has 9 nitrogen and oxygen atoms in total. The summed E-state index contributed by atoms with van der Waals surface area (Å²) in [6.45, 7) is 3.68. The number of hydrogen-bond acceptors (Lipinski definition) is 8. The van der Waals surface area contributed by atoms with Crippen molar-refractivity contribution in [3.63, 3.8) is 0 Å². The van der Waals surface area contributed by atoms with Gasteiger partial charge in [-0.1, -0.05) is 140 Å². The molecule has 1 amide bonds. The number of hydrogen-bond donors (Lipinski definition) is 6. The number of allylic oxidation sites excluding steroid dienone is 5. The van der Waals surface area contributed by atoms with Crippen molar-refractivity contribution in [3.05, 3.63) is 36.5 Å². The van der Waals surface area contributed by atoms with Gasteiger partial charge in [0.2, 0.25) is 5.91 Å². The molecule has 0 saturated carbocycles. The topological polar surface area (TPSA) is 149 Å². The van der Waals surface area contributed by atoms with Crippen LogP contribution >= 0.6 is 0 Å². The van der Waals surface area contributed by atoms with Crippen LogP contribution in [-0.2, 0) is 14.3 Å². The van der Waals surface area contributed by atoms with Crippen molar-refractivity contribution in [3.8, 4) is 0 Å². The van der Waals surface area contributed by atoms with Crippen molar-refractivity contribution >= 4 is 5.91 Å². The van der Waals surface area contributed by atoms with Crippen LogP contribution in [-0.4, -0.2) is 87.5 Å². The summed E-state index contributed by atoms with van der Waals surface area (Å²) in [5, 5.41) is 53.9. The molecule has 0 aliphatic carbocycles. The van der Waals surface area contributed by atoms with E-state index in [1.54, 1.807) is 6.08 Å². The lowest BCUT2D eigenvalue weighted by atomic mass is 9.99. The van der Waals surface area contributed by atoms with E-state index in [-0.39, 0.29) is 12.5 Å². The van der Waals surface area contributed by atoms with Gasteiger partial charge in [0.15, 0.2) is 6.29 Å². The summed E-state index contributed by atoms with van der Waals surface area (Å²) in [5.74, 6) is -0.204. The van der Waals surface area contributed by atoms with Crippen molar-refractivity contribution in [2.45, 2.75) is 204 Å². The van der Waals surface area contributed by atoms with Crippen molar-refractivity contribution in [2.75, 3.05) is 13.2 Å². The highest BCUT2D eigenvalue weighted by Crippen LogP contribution is 2.22. The van der Waals surface area contributed by atoms with E-state index in [4.69, 9.17) is 9.47 Å². The Hall–Kier alpha value is -1.59. The zero-order valence-electron chi connectivity index (χ0n) is 31.6. The summed E-state index contributed by atoms with van der Waals surface area (Å²) >= 11 is 0. The largest absolute Gasteiger partial charge is 0.394 e. The van der Waals surface area contributed by atoms with E-state index in [0.717, 1.165) is 57.8 Å². The average molecular weight is 710 g/mol. The van der Waals surface area contributed by atoms with E-state index in [1.807, 2.05) is 6.08 Å². The molecule has 7 atom stereocenters. The monoisotopic (exact) mass is 710 g/mol. The van der Waals surface area contributed by atoms with Crippen molar-refractivity contribution < 1.29 is 39.8 Å². The summed E-state index contributed by atoms with van der Waals surface area (Å²) in [4.78, 5) is 12.8. The van der Waals surface area contributed by atoms with E-state index in [9.17, 15) is 30.3 Å². The fourth-order valence-electron chi connectivity index (χ4n) is 6.09. The molecule has 292 valence electrons.